The van der Waals surface area contributed by atoms with Gasteiger partial charge in [-0.1, -0.05) is 23.2 Å². The molecular formula is C17H15Cl2NO2. The molecule has 0 heterocycles. The van der Waals surface area contributed by atoms with E-state index in [0.29, 0.717) is 29.5 Å². The molecule has 0 atom stereocenters. The molecule has 2 aromatic carbocycles. The van der Waals surface area contributed by atoms with Crippen LogP contribution in [0.5, 0.6) is 11.5 Å². The zero-order valence-corrected chi connectivity index (χ0v) is 13.8. The molecule has 22 heavy (non-hydrogen) atoms. The summed E-state index contributed by atoms with van der Waals surface area (Å²) in [6.07, 6.45) is 0. The van der Waals surface area contributed by atoms with Crippen LogP contribution in [0.4, 0.5) is 0 Å². The molecule has 114 valence electrons. The maximum absolute atomic E-state index is 9.03. The molecule has 0 aliphatic carbocycles. The summed E-state index contributed by atoms with van der Waals surface area (Å²) in [5, 5.41) is 10.3. The smallest absolute Gasteiger partial charge is 0.137 e. The average molecular weight is 336 g/mol. The molecule has 0 saturated heterocycles. The molecule has 0 aliphatic heterocycles. The van der Waals surface area contributed by atoms with Crippen LogP contribution in [0.1, 0.15) is 16.7 Å². The molecule has 0 unspecified atom stereocenters. The summed E-state index contributed by atoms with van der Waals surface area (Å²) >= 11 is 12.0. The fraction of sp³-hybridized carbons (Fsp3) is 0.235. The number of aryl methyl sites for hydroxylation is 2. The molecule has 0 amide bonds. The van der Waals surface area contributed by atoms with Crippen molar-refractivity contribution in [3.05, 3.63) is 57.1 Å². The van der Waals surface area contributed by atoms with Crippen LogP contribution < -0.4 is 9.47 Å². The molecule has 0 radical (unpaired) electrons. The quantitative estimate of drug-likeness (QED) is 0.726. The van der Waals surface area contributed by atoms with Crippen molar-refractivity contribution in [3.8, 4) is 17.6 Å². The largest absolute Gasteiger partial charge is 0.490 e. The maximum Gasteiger partial charge on any atom is 0.137 e. The third-order valence-corrected chi connectivity index (χ3v) is 3.91. The fourth-order valence-corrected chi connectivity index (χ4v) is 2.30. The molecule has 2 aromatic rings. The first kappa shape index (κ1) is 16.5. The number of nitrogens with zero attached hydrogens (tertiary/aromatic N) is 1. The third-order valence-electron chi connectivity index (χ3n) is 3.08. The van der Waals surface area contributed by atoms with Crippen molar-refractivity contribution >= 4 is 23.2 Å². The van der Waals surface area contributed by atoms with E-state index in [2.05, 4.69) is 6.07 Å². The first-order valence-electron chi connectivity index (χ1n) is 6.73. The highest BCUT2D eigenvalue weighted by Gasteiger charge is 2.06. The van der Waals surface area contributed by atoms with E-state index in [9.17, 15) is 0 Å². The Morgan fingerprint density at radius 3 is 2.27 bits per heavy atom. The maximum atomic E-state index is 9.03. The Bertz CT molecular complexity index is 700. The highest BCUT2D eigenvalue weighted by molar-refractivity contribution is 6.32. The first-order valence-corrected chi connectivity index (χ1v) is 7.49. The number of halogens is 2. The van der Waals surface area contributed by atoms with E-state index in [1.165, 1.54) is 0 Å². The SMILES string of the molecule is Cc1cc(OCCOc2ccc(Cl)cc2C#N)cc(C)c1Cl. The van der Waals surface area contributed by atoms with Crippen LogP contribution in [0, 0.1) is 25.2 Å². The van der Waals surface area contributed by atoms with Crippen LogP contribution in [0.25, 0.3) is 0 Å². The van der Waals surface area contributed by atoms with Gasteiger partial charge in [-0.25, -0.2) is 0 Å². The van der Waals surface area contributed by atoms with E-state index in [1.54, 1.807) is 18.2 Å². The Kier molecular flexibility index (Phi) is 5.54. The minimum Gasteiger partial charge on any atom is -0.490 e. The molecule has 0 bridgehead atoms. The second-order valence-electron chi connectivity index (χ2n) is 4.82. The van der Waals surface area contributed by atoms with Gasteiger partial charge in [0.15, 0.2) is 0 Å². The Hall–Kier alpha value is -1.89. The van der Waals surface area contributed by atoms with Crippen LogP contribution in [-0.2, 0) is 0 Å². The highest BCUT2D eigenvalue weighted by Crippen LogP contribution is 2.26. The van der Waals surface area contributed by atoms with E-state index in [-0.39, 0.29) is 0 Å². The van der Waals surface area contributed by atoms with Gasteiger partial charge in [0.2, 0.25) is 0 Å². The number of rotatable bonds is 5. The summed E-state index contributed by atoms with van der Waals surface area (Å²) in [5.74, 6) is 1.25. The van der Waals surface area contributed by atoms with E-state index >= 15 is 0 Å². The first-order chi connectivity index (χ1) is 10.5. The van der Waals surface area contributed by atoms with Gasteiger partial charge in [0.25, 0.3) is 0 Å². The van der Waals surface area contributed by atoms with Gasteiger partial charge in [0, 0.05) is 10.0 Å². The van der Waals surface area contributed by atoms with E-state index < -0.39 is 0 Å². The molecule has 3 nitrogen and oxygen atoms in total. The van der Waals surface area contributed by atoms with E-state index in [4.69, 9.17) is 37.9 Å². The van der Waals surface area contributed by atoms with Gasteiger partial charge < -0.3 is 9.47 Å². The lowest BCUT2D eigenvalue weighted by atomic mass is 10.1. The normalized spacial score (nSPS) is 10.1. The minimum atomic E-state index is 0.330. The Balaban J connectivity index is 1.92. The number of nitriles is 1. The zero-order valence-electron chi connectivity index (χ0n) is 12.3. The number of hydrogen-bond acceptors (Lipinski definition) is 3. The van der Waals surface area contributed by atoms with Gasteiger partial charge >= 0.3 is 0 Å². The summed E-state index contributed by atoms with van der Waals surface area (Å²) in [6.45, 7) is 4.57. The van der Waals surface area contributed by atoms with Crippen molar-refractivity contribution in [3.63, 3.8) is 0 Å². The summed E-state index contributed by atoms with van der Waals surface area (Å²) in [6, 6.07) is 10.8. The van der Waals surface area contributed by atoms with Gasteiger partial charge in [-0.05, 0) is 55.3 Å². The lowest BCUT2D eigenvalue weighted by Crippen LogP contribution is -2.10. The molecule has 0 fully saturated rings. The van der Waals surface area contributed by atoms with Crippen molar-refractivity contribution in [2.24, 2.45) is 0 Å². The summed E-state index contributed by atoms with van der Waals surface area (Å²) in [7, 11) is 0. The second-order valence-corrected chi connectivity index (χ2v) is 5.63. The third kappa shape index (κ3) is 4.07. The van der Waals surface area contributed by atoms with Gasteiger partial charge in [-0.2, -0.15) is 5.26 Å². The molecule has 2 rings (SSSR count). The lowest BCUT2D eigenvalue weighted by molar-refractivity contribution is 0.216. The Morgan fingerprint density at radius 2 is 1.64 bits per heavy atom. The average Bonchev–Trinajstić information content (AvgIpc) is 2.50. The van der Waals surface area contributed by atoms with Gasteiger partial charge in [0.1, 0.15) is 30.8 Å². The monoisotopic (exact) mass is 335 g/mol. The number of ether oxygens (including phenoxy) is 2. The molecule has 0 saturated carbocycles. The summed E-state index contributed by atoms with van der Waals surface area (Å²) < 4.78 is 11.2. The summed E-state index contributed by atoms with van der Waals surface area (Å²) in [5.41, 5.74) is 2.36. The lowest BCUT2D eigenvalue weighted by Gasteiger charge is -2.11. The Labute approximate surface area is 140 Å². The number of benzene rings is 2. The van der Waals surface area contributed by atoms with E-state index in [1.807, 2.05) is 26.0 Å². The van der Waals surface area contributed by atoms with Gasteiger partial charge in [0.05, 0.1) is 5.56 Å². The summed E-state index contributed by atoms with van der Waals surface area (Å²) in [4.78, 5) is 0. The molecule has 0 spiro atoms. The predicted octanol–water partition coefficient (Wildman–Crippen LogP) is 4.94. The molecule has 0 N–H and O–H groups in total. The van der Waals surface area contributed by atoms with Crippen LogP contribution in [0.15, 0.2) is 30.3 Å². The molecule has 5 heteroatoms. The van der Waals surface area contributed by atoms with Crippen molar-refractivity contribution < 1.29 is 9.47 Å². The molecule has 0 aliphatic rings. The topological polar surface area (TPSA) is 42.2 Å². The van der Waals surface area contributed by atoms with Crippen LogP contribution in [-0.4, -0.2) is 13.2 Å². The zero-order chi connectivity index (χ0) is 16.1. The van der Waals surface area contributed by atoms with Gasteiger partial charge in [-0.15, -0.1) is 0 Å². The van der Waals surface area contributed by atoms with Crippen LogP contribution in [0.2, 0.25) is 10.0 Å². The second kappa shape index (κ2) is 7.40. The predicted molar refractivity (Wildman–Crippen MR) is 88.1 cm³/mol. The van der Waals surface area contributed by atoms with Crippen molar-refractivity contribution in [1.29, 1.82) is 5.26 Å². The van der Waals surface area contributed by atoms with Gasteiger partial charge in [-0.3, -0.25) is 0 Å². The van der Waals surface area contributed by atoms with Crippen molar-refractivity contribution in [1.82, 2.24) is 0 Å². The molecule has 0 aromatic heterocycles. The van der Waals surface area contributed by atoms with E-state index in [0.717, 1.165) is 21.9 Å². The number of hydrogen-bond donors (Lipinski definition) is 0. The van der Waals surface area contributed by atoms with Crippen molar-refractivity contribution in [2.75, 3.05) is 13.2 Å². The van der Waals surface area contributed by atoms with Crippen LogP contribution >= 0.6 is 23.2 Å². The molecular weight excluding hydrogens is 321 g/mol. The fourth-order valence-electron chi connectivity index (χ4n) is 2.02. The standard InChI is InChI=1S/C17H15Cl2NO2/c1-11-7-15(8-12(2)17(11)19)21-5-6-22-16-4-3-14(18)9-13(16)10-20/h3-4,7-9H,5-6H2,1-2H3. The Morgan fingerprint density at radius 1 is 1.00 bits per heavy atom. The van der Waals surface area contributed by atoms with Crippen molar-refractivity contribution in [2.45, 2.75) is 13.8 Å². The minimum absolute atomic E-state index is 0.330. The highest BCUT2D eigenvalue weighted by atomic mass is 35.5. The van der Waals surface area contributed by atoms with Crippen LogP contribution in [0.3, 0.4) is 0 Å².